The van der Waals surface area contributed by atoms with Gasteiger partial charge in [0.2, 0.25) is 0 Å². The summed E-state index contributed by atoms with van der Waals surface area (Å²) in [5, 5.41) is 13.5. The molecule has 1 amide bonds. The molecule has 1 aliphatic heterocycles. The van der Waals surface area contributed by atoms with Gasteiger partial charge in [-0.25, -0.2) is 9.52 Å². The first kappa shape index (κ1) is 18.1. The SMILES string of the molecule is CC(C)(C)OC(=O)NS(=O)(=O)N1CC(O)(c2csc3ccccc23)C1. The Labute approximate surface area is 150 Å². The van der Waals surface area contributed by atoms with Crippen molar-refractivity contribution >= 4 is 37.7 Å². The number of aliphatic hydroxyl groups is 1. The molecule has 0 unspecified atom stereocenters. The van der Waals surface area contributed by atoms with E-state index in [1.165, 1.54) is 11.3 Å². The van der Waals surface area contributed by atoms with Crippen molar-refractivity contribution in [2.24, 2.45) is 0 Å². The lowest BCUT2D eigenvalue weighted by atomic mass is 9.88. The molecule has 0 radical (unpaired) electrons. The molecule has 2 heterocycles. The first-order chi connectivity index (χ1) is 11.5. The van der Waals surface area contributed by atoms with E-state index in [4.69, 9.17) is 4.74 Å². The van der Waals surface area contributed by atoms with E-state index in [1.54, 1.807) is 20.8 Å². The molecule has 0 bridgehead atoms. The van der Waals surface area contributed by atoms with E-state index in [1.807, 2.05) is 34.4 Å². The average molecular weight is 384 g/mol. The standard InChI is InChI=1S/C16H20N2O5S2/c1-15(2,3)23-14(19)17-25(21,22)18-9-16(20,10-18)12-8-24-13-7-5-4-6-11(12)13/h4-8,20H,9-10H2,1-3H3,(H,17,19). The smallest absolute Gasteiger partial charge is 0.422 e. The van der Waals surface area contributed by atoms with Crippen molar-refractivity contribution in [2.45, 2.75) is 32.0 Å². The molecule has 1 saturated heterocycles. The zero-order valence-corrected chi connectivity index (χ0v) is 15.8. The van der Waals surface area contributed by atoms with E-state index in [0.717, 1.165) is 14.4 Å². The highest BCUT2D eigenvalue weighted by molar-refractivity contribution is 7.87. The minimum atomic E-state index is -4.06. The number of amides is 1. The summed E-state index contributed by atoms with van der Waals surface area (Å²) in [5.74, 6) is 0. The summed E-state index contributed by atoms with van der Waals surface area (Å²) in [7, 11) is -4.06. The fourth-order valence-electron chi connectivity index (χ4n) is 2.68. The van der Waals surface area contributed by atoms with Gasteiger partial charge in [-0.05, 0) is 37.6 Å². The van der Waals surface area contributed by atoms with E-state index < -0.39 is 27.5 Å². The second-order valence-electron chi connectivity index (χ2n) is 7.05. The Balaban J connectivity index is 1.71. The van der Waals surface area contributed by atoms with Crippen LogP contribution in [0.3, 0.4) is 0 Å². The summed E-state index contributed by atoms with van der Waals surface area (Å²) in [5.41, 5.74) is -1.36. The van der Waals surface area contributed by atoms with Gasteiger partial charge in [-0.1, -0.05) is 18.2 Å². The number of carbonyl (C=O) groups is 1. The molecule has 9 heteroatoms. The van der Waals surface area contributed by atoms with Crippen LogP contribution < -0.4 is 4.72 Å². The molecular weight excluding hydrogens is 364 g/mol. The molecule has 2 aromatic rings. The molecule has 25 heavy (non-hydrogen) atoms. The van der Waals surface area contributed by atoms with Crippen LogP contribution >= 0.6 is 11.3 Å². The van der Waals surface area contributed by atoms with Crippen LogP contribution in [0.15, 0.2) is 29.6 Å². The predicted octanol–water partition coefficient (Wildman–Crippen LogP) is 2.17. The van der Waals surface area contributed by atoms with E-state index in [-0.39, 0.29) is 13.1 Å². The second kappa shape index (κ2) is 5.94. The van der Waals surface area contributed by atoms with Crippen molar-refractivity contribution in [3.63, 3.8) is 0 Å². The Morgan fingerprint density at radius 1 is 1.32 bits per heavy atom. The van der Waals surface area contributed by atoms with Gasteiger partial charge in [-0.2, -0.15) is 12.7 Å². The van der Waals surface area contributed by atoms with E-state index in [9.17, 15) is 18.3 Å². The molecule has 0 saturated carbocycles. The second-order valence-corrected chi connectivity index (χ2v) is 9.64. The molecule has 0 aliphatic carbocycles. The maximum Gasteiger partial charge on any atom is 0.422 e. The lowest BCUT2D eigenvalue weighted by Crippen LogP contribution is -2.63. The molecule has 1 aliphatic rings. The minimum absolute atomic E-state index is 0.119. The zero-order chi connectivity index (χ0) is 18.5. The van der Waals surface area contributed by atoms with Gasteiger partial charge in [-0.3, -0.25) is 0 Å². The van der Waals surface area contributed by atoms with Crippen LogP contribution in [0, 0.1) is 0 Å². The monoisotopic (exact) mass is 384 g/mol. The molecule has 1 aromatic heterocycles. The van der Waals surface area contributed by atoms with Crippen LogP contribution in [0.2, 0.25) is 0 Å². The van der Waals surface area contributed by atoms with Gasteiger partial charge in [0, 0.05) is 23.4 Å². The third-order valence-electron chi connectivity index (χ3n) is 3.81. The van der Waals surface area contributed by atoms with Gasteiger partial charge < -0.3 is 9.84 Å². The number of fused-ring (bicyclic) bond motifs is 1. The largest absolute Gasteiger partial charge is 0.443 e. The maximum absolute atomic E-state index is 12.2. The highest BCUT2D eigenvalue weighted by Crippen LogP contribution is 2.40. The van der Waals surface area contributed by atoms with E-state index in [0.29, 0.717) is 5.56 Å². The van der Waals surface area contributed by atoms with Crippen molar-refractivity contribution in [3.8, 4) is 0 Å². The summed E-state index contributed by atoms with van der Waals surface area (Å²) in [6.07, 6.45) is -1.04. The maximum atomic E-state index is 12.2. The van der Waals surface area contributed by atoms with Gasteiger partial charge >= 0.3 is 16.3 Å². The molecule has 2 N–H and O–H groups in total. The topological polar surface area (TPSA) is 95.9 Å². The number of thiophene rings is 1. The summed E-state index contributed by atoms with van der Waals surface area (Å²) in [6.45, 7) is 4.69. The van der Waals surface area contributed by atoms with Gasteiger partial charge in [-0.15, -0.1) is 11.3 Å². The normalized spacial score (nSPS) is 17.9. The number of nitrogens with one attached hydrogen (secondary N) is 1. The molecule has 7 nitrogen and oxygen atoms in total. The molecule has 0 spiro atoms. The number of β-amino-alcohol motifs (C(OH)–C–C–N with tert-alkyl or cyclic N) is 1. The molecule has 1 aromatic carbocycles. The van der Waals surface area contributed by atoms with Crippen LogP contribution in [0.1, 0.15) is 26.3 Å². The Hall–Kier alpha value is -1.68. The van der Waals surface area contributed by atoms with Crippen LogP contribution in [0.25, 0.3) is 10.1 Å². The first-order valence-electron chi connectivity index (χ1n) is 7.70. The lowest BCUT2D eigenvalue weighted by Gasteiger charge is -2.45. The first-order valence-corrected chi connectivity index (χ1v) is 10.0. The number of benzene rings is 1. The number of ether oxygens (including phenoxy) is 1. The molecular formula is C16H20N2O5S2. The van der Waals surface area contributed by atoms with Gasteiger partial charge in [0.25, 0.3) is 0 Å². The van der Waals surface area contributed by atoms with Crippen molar-refractivity contribution in [1.29, 1.82) is 0 Å². The molecule has 3 rings (SSSR count). The summed E-state index contributed by atoms with van der Waals surface area (Å²) in [6, 6.07) is 7.63. The zero-order valence-electron chi connectivity index (χ0n) is 14.1. The molecule has 136 valence electrons. The summed E-state index contributed by atoms with van der Waals surface area (Å²) >= 11 is 1.50. The predicted molar refractivity (Wildman–Crippen MR) is 95.6 cm³/mol. The number of carbonyl (C=O) groups excluding carboxylic acids is 1. The summed E-state index contributed by atoms with van der Waals surface area (Å²) in [4.78, 5) is 11.7. The molecule has 1 fully saturated rings. The Morgan fingerprint density at radius 2 is 1.96 bits per heavy atom. The highest BCUT2D eigenvalue weighted by Gasteiger charge is 2.49. The fourth-order valence-corrected chi connectivity index (χ4v) is 4.89. The van der Waals surface area contributed by atoms with Crippen LogP contribution in [0.5, 0.6) is 0 Å². The van der Waals surface area contributed by atoms with Crippen LogP contribution in [-0.4, -0.2) is 42.6 Å². The van der Waals surface area contributed by atoms with Gasteiger partial charge in [0.15, 0.2) is 0 Å². The van der Waals surface area contributed by atoms with E-state index in [2.05, 4.69) is 0 Å². The van der Waals surface area contributed by atoms with Crippen LogP contribution in [-0.2, 0) is 20.5 Å². The van der Waals surface area contributed by atoms with Crippen molar-refractivity contribution in [1.82, 2.24) is 9.03 Å². The third kappa shape index (κ3) is 3.64. The lowest BCUT2D eigenvalue weighted by molar-refractivity contribution is -0.0639. The van der Waals surface area contributed by atoms with E-state index >= 15 is 0 Å². The van der Waals surface area contributed by atoms with Crippen molar-refractivity contribution < 1.29 is 23.1 Å². The Kier molecular flexibility index (Phi) is 4.31. The average Bonchev–Trinajstić information content (AvgIpc) is 2.85. The van der Waals surface area contributed by atoms with Crippen LogP contribution in [0.4, 0.5) is 4.79 Å². The Bertz CT molecular complexity index is 908. The van der Waals surface area contributed by atoms with Gasteiger partial charge in [0.1, 0.15) is 11.2 Å². The summed E-state index contributed by atoms with van der Waals surface area (Å²) < 4.78 is 33.3. The number of rotatable bonds is 3. The van der Waals surface area contributed by atoms with Crippen molar-refractivity contribution in [2.75, 3.05) is 13.1 Å². The van der Waals surface area contributed by atoms with Crippen molar-refractivity contribution in [3.05, 3.63) is 35.2 Å². The number of hydrogen-bond acceptors (Lipinski definition) is 6. The quantitative estimate of drug-likeness (QED) is 0.846. The minimum Gasteiger partial charge on any atom is -0.443 e. The number of hydrogen-bond donors (Lipinski definition) is 2. The van der Waals surface area contributed by atoms with Gasteiger partial charge in [0.05, 0.1) is 0 Å². The third-order valence-corrected chi connectivity index (χ3v) is 6.14. The highest BCUT2D eigenvalue weighted by atomic mass is 32.2. The fraction of sp³-hybridized carbons (Fsp3) is 0.438. The number of nitrogens with zero attached hydrogens (tertiary/aromatic N) is 1. The Morgan fingerprint density at radius 3 is 2.60 bits per heavy atom. The molecule has 0 atom stereocenters.